The minimum absolute atomic E-state index is 0.117. The number of hydrogen-bond donors (Lipinski definition) is 0. The summed E-state index contributed by atoms with van der Waals surface area (Å²) in [7, 11) is 0. The van der Waals surface area contributed by atoms with Crippen molar-refractivity contribution in [3.63, 3.8) is 0 Å². The molecular weight excluding hydrogens is 603 g/mol. The fourth-order valence-electron chi connectivity index (χ4n) is 8.96. The molecule has 0 saturated carbocycles. The number of aromatic nitrogens is 1. The molecule has 0 aliphatic heterocycles. The van der Waals surface area contributed by atoms with Gasteiger partial charge in [-0.05, 0) is 126 Å². The summed E-state index contributed by atoms with van der Waals surface area (Å²) in [4.78, 5) is 0. The smallest absolute Gasteiger partial charge is 0.0525 e. The van der Waals surface area contributed by atoms with Crippen LogP contribution in [0.4, 0.5) is 0 Å². The number of fused-ring (bicyclic) bond motifs is 7. The van der Waals surface area contributed by atoms with Crippen molar-refractivity contribution in [2.75, 3.05) is 0 Å². The van der Waals surface area contributed by atoms with Gasteiger partial charge in [-0.25, -0.2) is 0 Å². The molecular formula is C49H37N. The quantitative estimate of drug-likeness (QED) is 0.169. The molecule has 7 aromatic carbocycles. The number of benzene rings is 7. The highest BCUT2D eigenvalue weighted by molar-refractivity contribution is 6.25. The Hall–Kier alpha value is -5.92. The molecule has 1 heteroatoms. The van der Waals surface area contributed by atoms with Gasteiger partial charge in [0, 0.05) is 17.3 Å². The number of hydrogen-bond acceptors (Lipinski definition) is 0. The zero-order chi connectivity index (χ0) is 33.4. The van der Waals surface area contributed by atoms with Crippen molar-refractivity contribution in [1.82, 2.24) is 4.57 Å². The van der Waals surface area contributed by atoms with Gasteiger partial charge in [0.15, 0.2) is 0 Å². The van der Waals surface area contributed by atoms with Crippen LogP contribution in [0.15, 0.2) is 164 Å². The standard InChI is InChI=1S/C49H37N/c1-49(2)43-25-14-13-24-40(43)48-36-21-10-9-20-35(36)42(31-44(48)49)47-38-23-12-11-22-37(38)46(32-16-5-3-6-17-32)39-28-27-33(30-41(39)47)45-26-15-29-50(45)34-18-7-4-8-19-34/h3-7,9-18,20-31H,8,19H2,1-2H3. The Bertz CT molecular complexity index is 2720. The lowest BCUT2D eigenvalue weighted by molar-refractivity contribution is 0.661. The maximum atomic E-state index is 2.54. The molecule has 8 aromatic rings. The van der Waals surface area contributed by atoms with E-state index in [4.69, 9.17) is 0 Å². The predicted octanol–water partition coefficient (Wildman–Crippen LogP) is 13.4. The highest BCUT2D eigenvalue weighted by Crippen LogP contribution is 2.55. The van der Waals surface area contributed by atoms with Gasteiger partial charge in [-0.15, -0.1) is 0 Å². The van der Waals surface area contributed by atoms with E-state index >= 15 is 0 Å². The third-order valence-electron chi connectivity index (χ3n) is 11.3. The maximum absolute atomic E-state index is 2.54. The van der Waals surface area contributed by atoms with Crippen molar-refractivity contribution < 1.29 is 0 Å². The Labute approximate surface area is 293 Å². The fraction of sp³-hybridized carbons (Fsp3) is 0.102. The van der Waals surface area contributed by atoms with E-state index in [1.54, 1.807) is 0 Å². The van der Waals surface area contributed by atoms with Gasteiger partial charge >= 0.3 is 0 Å². The minimum atomic E-state index is -0.117. The van der Waals surface area contributed by atoms with Crippen molar-refractivity contribution in [2.24, 2.45) is 0 Å². The second kappa shape index (κ2) is 11.1. The summed E-state index contributed by atoms with van der Waals surface area (Å²) in [5.74, 6) is 0. The number of allylic oxidation sites excluding steroid dienone is 4. The zero-order valence-corrected chi connectivity index (χ0v) is 28.4. The molecule has 0 amide bonds. The van der Waals surface area contributed by atoms with E-state index in [1.807, 2.05) is 0 Å². The largest absolute Gasteiger partial charge is 0.320 e. The van der Waals surface area contributed by atoms with Crippen LogP contribution in [0.2, 0.25) is 0 Å². The van der Waals surface area contributed by atoms with E-state index in [1.165, 1.54) is 93.8 Å². The molecule has 2 aliphatic carbocycles. The van der Waals surface area contributed by atoms with Gasteiger partial charge < -0.3 is 4.57 Å². The normalized spacial score (nSPS) is 14.6. The Morgan fingerprint density at radius 1 is 0.500 bits per heavy atom. The average molecular weight is 640 g/mol. The van der Waals surface area contributed by atoms with Gasteiger partial charge in [-0.1, -0.05) is 141 Å². The molecule has 2 aliphatic rings. The minimum Gasteiger partial charge on any atom is -0.320 e. The van der Waals surface area contributed by atoms with Crippen molar-refractivity contribution in [3.05, 3.63) is 175 Å². The van der Waals surface area contributed by atoms with Gasteiger partial charge in [-0.2, -0.15) is 0 Å². The molecule has 1 nitrogen and oxygen atoms in total. The van der Waals surface area contributed by atoms with Crippen LogP contribution in [-0.4, -0.2) is 4.57 Å². The van der Waals surface area contributed by atoms with E-state index in [9.17, 15) is 0 Å². The molecule has 10 rings (SSSR count). The topological polar surface area (TPSA) is 4.93 Å². The first-order valence-corrected chi connectivity index (χ1v) is 17.8. The summed E-state index contributed by atoms with van der Waals surface area (Å²) in [6.07, 6.45) is 11.0. The van der Waals surface area contributed by atoms with Crippen LogP contribution in [0.1, 0.15) is 37.8 Å². The monoisotopic (exact) mass is 639 g/mol. The average Bonchev–Trinajstić information content (AvgIpc) is 3.75. The van der Waals surface area contributed by atoms with Crippen molar-refractivity contribution in [3.8, 4) is 44.6 Å². The molecule has 1 heterocycles. The van der Waals surface area contributed by atoms with E-state index in [2.05, 4.69) is 182 Å². The van der Waals surface area contributed by atoms with E-state index in [-0.39, 0.29) is 5.41 Å². The zero-order valence-electron chi connectivity index (χ0n) is 28.4. The third-order valence-corrected chi connectivity index (χ3v) is 11.3. The highest BCUT2D eigenvalue weighted by atomic mass is 15.0. The number of rotatable bonds is 4. The first kappa shape index (κ1) is 29.0. The van der Waals surface area contributed by atoms with Crippen LogP contribution in [0, 0.1) is 0 Å². The highest BCUT2D eigenvalue weighted by Gasteiger charge is 2.37. The lowest BCUT2D eigenvalue weighted by Gasteiger charge is -2.24. The Balaban J connectivity index is 1.35. The Morgan fingerprint density at radius 3 is 1.96 bits per heavy atom. The van der Waals surface area contributed by atoms with Gasteiger partial charge in [-0.3, -0.25) is 0 Å². The predicted molar refractivity (Wildman–Crippen MR) is 213 cm³/mol. The summed E-state index contributed by atoms with van der Waals surface area (Å²) < 4.78 is 2.38. The molecule has 0 saturated heterocycles. The van der Waals surface area contributed by atoms with Gasteiger partial charge in [0.25, 0.3) is 0 Å². The first-order chi connectivity index (χ1) is 24.6. The second-order valence-electron chi connectivity index (χ2n) is 14.4. The molecule has 0 atom stereocenters. The van der Waals surface area contributed by atoms with Crippen LogP contribution in [0.3, 0.4) is 0 Å². The summed E-state index contributed by atoms with van der Waals surface area (Å²) >= 11 is 0. The SMILES string of the molecule is CC1(C)c2ccccc2-c2c1cc(-c1c3ccccc3c(-c3ccccc3)c3ccc(-c4cccn4C4=CC=CCC4)cc13)c1ccccc21. The van der Waals surface area contributed by atoms with Gasteiger partial charge in [0.1, 0.15) is 0 Å². The van der Waals surface area contributed by atoms with Crippen LogP contribution >= 0.6 is 0 Å². The van der Waals surface area contributed by atoms with Gasteiger partial charge in [0.2, 0.25) is 0 Å². The van der Waals surface area contributed by atoms with Crippen LogP contribution < -0.4 is 0 Å². The first-order valence-electron chi connectivity index (χ1n) is 17.8. The Morgan fingerprint density at radius 2 is 1.18 bits per heavy atom. The maximum Gasteiger partial charge on any atom is 0.0525 e. The molecule has 1 aromatic heterocycles. The second-order valence-corrected chi connectivity index (χ2v) is 14.4. The number of nitrogens with zero attached hydrogens (tertiary/aromatic N) is 1. The van der Waals surface area contributed by atoms with E-state index in [0.717, 1.165) is 12.8 Å². The molecule has 50 heavy (non-hydrogen) atoms. The van der Waals surface area contributed by atoms with E-state index < -0.39 is 0 Å². The van der Waals surface area contributed by atoms with Crippen molar-refractivity contribution >= 4 is 38.0 Å². The van der Waals surface area contributed by atoms with Crippen LogP contribution in [-0.2, 0) is 5.41 Å². The van der Waals surface area contributed by atoms with Crippen molar-refractivity contribution in [2.45, 2.75) is 32.1 Å². The molecule has 0 fully saturated rings. The van der Waals surface area contributed by atoms with Crippen LogP contribution in [0.5, 0.6) is 0 Å². The molecule has 0 radical (unpaired) electrons. The molecule has 238 valence electrons. The third kappa shape index (κ3) is 4.20. The van der Waals surface area contributed by atoms with E-state index in [0.29, 0.717) is 0 Å². The fourth-order valence-corrected chi connectivity index (χ4v) is 8.96. The van der Waals surface area contributed by atoms with Gasteiger partial charge in [0.05, 0.1) is 5.69 Å². The lowest BCUT2D eigenvalue weighted by Crippen LogP contribution is -2.15. The summed E-state index contributed by atoms with van der Waals surface area (Å²) in [6.45, 7) is 4.79. The summed E-state index contributed by atoms with van der Waals surface area (Å²) in [6, 6.07) is 52.3. The molecule has 0 N–H and O–H groups in total. The molecule has 0 bridgehead atoms. The summed E-state index contributed by atoms with van der Waals surface area (Å²) in [5, 5.41) is 7.74. The van der Waals surface area contributed by atoms with Crippen LogP contribution in [0.25, 0.3) is 82.7 Å². The molecule has 0 unspecified atom stereocenters. The Kier molecular flexibility index (Phi) is 6.42. The molecule has 0 spiro atoms. The summed E-state index contributed by atoms with van der Waals surface area (Å²) in [5.41, 5.74) is 14.4. The lowest BCUT2D eigenvalue weighted by atomic mass is 9.79. The van der Waals surface area contributed by atoms with Crippen molar-refractivity contribution in [1.29, 1.82) is 0 Å².